The molecule has 1 aromatic rings. The molecule has 0 unspecified atom stereocenters. The third-order valence-corrected chi connectivity index (χ3v) is 5.26. The van der Waals surface area contributed by atoms with Gasteiger partial charge in [-0.05, 0) is 19.1 Å². The normalized spacial score (nSPS) is 24.7. The zero-order valence-corrected chi connectivity index (χ0v) is 12.4. The summed E-state index contributed by atoms with van der Waals surface area (Å²) in [5.41, 5.74) is -0.913. The topological polar surface area (TPSA) is 43.4 Å². The highest BCUT2D eigenvalue weighted by Crippen LogP contribution is 2.64. The SMILES string of the molecule is C[C@@]1(C(=O)OCC(=O)c2ccc(Cl)s2)CC1(Cl)Cl. The van der Waals surface area contributed by atoms with Crippen LogP contribution >= 0.6 is 46.1 Å². The average Bonchev–Trinajstić information content (AvgIpc) is 2.63. The number of ketones is 1. The standard InChI is InChI=1S/C11H9Cl3O3S/c1-10(5-11(10,13)14)9(16)17-4-6(15)7-2-3-8(12)18-7/h2-3H,4-5H2,1H3/t10-/m0/s1. The number of thiophene rings is 1. The Hall–Kier alpha value is -0.290. The molecule has 7 heteroatoms. The Morgan fingerprint density at radius 2 is 2.06 bits per heavy atom. The first-order valence-electron chi connectivity index (χ1n) is 5.10. The third-order valence-electron chi connectivity index (χ3n) is 2.89. The molecule has 1 aromatic heterocycles. The molecule has 1 aliphatic rings. The second kappa shape index (κ2) is 4.67. The summed E-state index contributed by atoms with van der Waals surface area (Å²) in [5, 5.41) is 0. The number of carbonyl (C=O) groups is 2. The third kappa shape index (κ3) is 2.52. The van der Waals surface area contributed by atoms with Crippen LogP contribution in [0.5, 0.6) is 0 Å². The number of rotatable bonds is 4. The lowest BCUT2D eigenvalue weighted by atomic mass is 10.1. The molecule has 0 radical (unpaired) electrons. The van der Waals surface area contributed by atoms with E-state index in [-0.39, 0.29) is 12.4 Å². The first-order chi connectivity index (χ1) is 8.26. The van der Waals surface area contributed by atoms with E-state index in [2.05, 4.69) is 0 Å². The molecule has 1 saturated carbocycles. The van der Waals surface area contributed by atoms with Gasteiger partial charge in [0.2, 0.25) is 5.78 Å². The maximum Gasteiger partial charge on any atom is 0.315 e. The van der Waals surface area contributed by atoms with Crippen LogP contribution in [-0.2, 0) is 9.53 Å². The Balaban J connectivity index is 1.90. The Bertz CT molecular complexity index is 511. The lowest BCUT2D eigenvalue weighted by Gasteiger charge is -2.10. The van der Waals surface area contributed by atoms with Crippen molar-refractivity contribution < 1.29 is 14.3 Å². The molecule has 0 N–H and O–H groups in total. The average molecular weight is 328 g/mol. The molecule has 1 aliphatic carbocycles. The van der Waals surface area contributed by atoms with Gasteiger partial charge in [0.1, 0.15) is 9.75 Å². The molecule has 98 valence electrons. The van der Waals surface area contributed by atoms with Crippen LogP contribution in [0.3, 0.4) is 0 Å². The molecule has 0 spiro atoms. The molecular weight excluding hydrogens is 319 g/mol. The van der Waals surface area contributed by atoms with Crippen LogP contribution < -0.4 is 0 Å². The molecule has 1 fully saturated rings. The minimum atomic E-state index is -1.08. The summed E-state index contributed by atoms with van der Waals surface area (Å²) in [7, 11) is 0. The fourth-order valence-electron chi connectivity index (χ4n) is 1.45. The summed E-state index contributed by atoms with van der Waals surface area (Å²) in [5.74, 6) is -0.845. The first kappa shape index (κ1) is 14.1. The molecular formula is C11H9Cl3O3S. The Morgan fingerprint density at radius 1 is 1.44 bits per heavy atom. The van der Waals surface area contributed by atoms with Crippen LogP contribution in [0.15, 0.2) is 12.1 Å². The molecule has 2 rings (SSSR count). The van der Waals surface area contributed by atoms with E-state index in [0.717, 1.165) is 11.3 Å². The van der Waals surface area contributed by atoms with Crippen molar-refractivity contribution in [3.05, 3.63) is 21.3 Å². The maximum absolute atomic E-state index is 11.7. The van der Waals surface area contributed by atoms with Crippen molar-refractivity contribution in [2.75, 3.05) is 6.61 Å². The van der Waals surface area contributed by atoms with Gasteiger partial charge >= 0.3 is 5.97 Å². The fraction of sp³-hybridized carbons (Fsp3) is 0.455. The molecule has 0 aliphatic heterocycles. The van der Waals surface area contributed by atoms with Gasteiger partial charge in [0.05, 0.1) is 9.21 Å². The van der Waals surface area contributed by atoms with E-state index in [4.69, 9.17) is 39.5 Å². The van der Waals surface area contributed by atoms with Gasteiger partial charge in [0, 0.05) is 6.42 Å². The summed E-state index contributed by atoms with van der Waals surface area (Å²) in [6.07, 6.45) is 0.334. The summed E-state index contributed by atoms with van der Waals surface area (Å²) in [6, 6.07) is 3.21. The molecule has 1 atom stereocenters. The second-order valence-electron chi connectivity index (χ2n) is 4.32. The van der Waals surface area contributed by atoms with Crippen LogP contribution in [0.2, 0.25) is 4.34 Å². The Kier molecular flexibility index (Phi) is 3.67. The lowest BCUT2D eigenvalue weighted by molar-refractivity contribution is -0.148. The molecule has 1 heterocycles. The van der Waals surface area contributed by atoms with Gasteiger partial charge in [-0.3, -0.25) is 9.59 Å². The summed E-state index contributed by atoms with van der Waals surface area (Å²) >= 11 is 18.5. The predicted molar refractivity (Wildman–Crippen MR) is 71.8 cm³/mol. The summed E-state index contributed by atoms with van der Waals surface area (Å²) in [4.78, 5) is 23.9. The highest BCUT2D eigenvalue weighted by atomic mass is 35.5. The number of halogens is 3. The second-order valence-corrected chi connectivity index (χ2v) is 7.52. The van der Waals surface area contributed by atoms with Gasteiger partial charge in [-0.2, -0.15) is 0 Å². The number of Topliss-reactive ketones (excluding diaryl/α,β-unsaturated/α-hetero) is 1. The smallest absolute Gasteiger partial charge is 0.315 e. The van der Waals surface area contributed by atoms with Gasteiger partial charge in [-0.1, -0.05) is 11.6 Å². The van der Waals surface area contributed by atoms with E-state index in [1.807, 2.05) is 0 Å². The number of hydrogen-bond acceptors (Lipinski definition) is 4. The molecule has 0 bridgehead atoms. The molecule has 0 aromatic carbocycles. The minimum absolute atomic E-state index is 0.292. The Morgan fingerprint density at radius 3 is 2.50 bits per heavy atom. The predicted octanol–water partition coefficient (Wildman–Crippen LogP) is 3.71. The van der Waals surface area contributed by atoms with Gasteiger partial charge in [0.25, 0.3) is 0 Å². The van der Waals surface area contributed by atoms with Crippen LogP contribution in [0, 0.1) is 5.41 Å². The zero-order valence-electron chi connectivity index (χ0n) is 9.34. The summed E-state index contributed by atoms with van der Waals surface area (Å²) < 4.78 is 4.37. The molecule has 18 heavy (non-hydrogen) atoms. The van der Waals surface area contributed by atoms with Crippen molar-refractivity contribution in [3.63, 3.8) is 0 Å². The number of carbonyl (C=O) groups excluding carboxylic acids is 2. The first-order valence-corrected chi connectivity index (χ1v) is 7.05. The quantitative estimate of drug-likeness (QED) is 0.481. The van der Waals surface area contributed by atoms with Crippen molar-refractivity contribution in [2.45, 2.75) is 17.7 Å². The van der Waals surface area contributed by atoms with Gasteiger partial charge in [0.15, 0.2) is 6.61 Å². The summed E-state index contributed by atoms with van der Waals surface area (Å²) in [6.45, 7) is 1.29. The van der Waals surface area contributed by atoms with Crippen molar-refractivity contribution >= 4 is 57.9 Å². The van der Waals surface area contributed by atoms with Crippen molar-refractivity contribution in [3.8, 4) is 0 Å². The molecule has 0 amide bonds. The number of ether oxygens (including phenoxy) is 1. The molecule has 0 saturated heterocycles. The van der Waals surface area contributed by atoms with E-state index in [0.29, 0.717) is 15.6 Å². The largest absolute Gasteiger partial charge is 0.457 e. The van der Waals surface area contributed by atoms with Gasteiger partial charge < -0.3 is 4.74 Å². The number of alkyl halides is 2. The molecule has 3 nitrogen and oxygen atoms in total. The fourth-order valence-corrected chi connectivity index (χ4v) is 3.10. The highest BCUT2D eigenvalue weighted by molar-refractivity contribution is 7.18. The van der Waals surface area contributed by atoms with E-state index in [1.54, 1.807) is 19.1 Å². The van der Waals surface area contributed by atoms with Crippen LogP contribution in [0.25, 0.3) is 0 Å². The van der Waals surface area contributed by atoms with E-state index >= 15 is 0 Å². The highest BCUT2D eigenvalue weighted by Gasteiger charge is 2.69. The van der Waals surface area contributed by atoms with Crippen molar-refractivity contribution in [2.24, 2.45) is 5.41 Å². The monoisotopic (exact) mass is 326 g/mol. The number of esters is 1. The van der Waals surface area contributed by atoms with E-state index in [9.17, 15) is 9.59 Å². The zero-order chi connectivity index (χ0) is 13.6. The van der Waals surface area contributed by atoms with E-state index < -0.39 is 15.7 Å². The van der Waals surface area contributed by atoms with Crippen molar-refractivity contribution in [1.82, 2.24) is 0 Å². The van der Waals surface area contributed by atoms with Crippen LogP contribution in [0.1, 0.15) is 23.0 Å². The lowest BCUT2D eigenvalue weighted by Crippen LogP contribution is -2.24. The van der Waals surface area contributed by atoms with Gasteiger partial charge in [-0.25, -0.2) is 0 Å². The number of hydrogen-bond donors (Lipinski definition) is 0. The van der Waals surface area contributed by atoms with Crippen molar-refractivity contribution in [1.29, 1.82) is 0 Å². The Labute approximate surface area is 123 Å². The van der Waals surface area contributed by atoms with Crippen LogP contribution in [0.4, 0.5) is 0 Å². The van der Waals surface area contributed by atoms with E-state index in [1.165, 1.54) is 0 Å². The maximum atomic E-state index is 11.7. The van der Waals surface area contributed by atoms with Crippen LogP contribution in [-0.4, -0.2) is 22.7 Å². The van der Waals surface area contributed by atoms with Gasteiger partial charge in [-0.15, -0.1) is 34.5 Å². The minimum Gasteiger partial charge on any atom is -0.457 e.